The van der Waals surface area contributed by atoms with Gasteiger partial charge in [-0.05, 0) is 30.9 Å². The minimum atomic E-state index is -0.225. The quantitative estimate of drug-likeness (QED) is 0.821. The van der Waals surface area contributed by atoms with E-state index in [1.165, 1.54) is 11.1 Å². The average molecular weight is 331 g/mol. The lowest BCUT2D eigenvalue weighted by Crippen LogP contribution is -2.36. The van der Waals surface area contributed by atoms with Crippen LogP contribution in [0, 0.1) is 0 Å². The van der Waals surface area contributed by atoms with Crippen molar-refractivity contribution in [3.63, 3.8) is 0 Å². The summed E-state index contributed by atoms with van der Waals surface area (Å²) in [5, 5.41) is 0. The van der Waals surface area contributed by atoms with E-state index in [0.717, 1.165) is 12.8 Å². The molecule has 16 heavy (non-hydrogen) atoms. The highest BCUT2D eigenvalue weighted by Gasteiger charge is 2.22. The van der Waals surface area contributed by atoms with E-state index in [0.29, 0.717) is 0 Å². The van der Waals surface area contributed by atoms with Gasteiger partial charge in [0.1, 0.15) is 0 Å². The summed E-state index contributed by atoms with van der Waals surface area (Å²) < 4.78 is 0. The second kappa shape index (κ2) is 7.07. The SMILES string of the molecule is CCC=C(c1ccccc1)C(C)(N)CC.I. The van der Waals surface area contributed by atoms with Crippen LogP contribution in [0.1, 0.15) is 39.2 Å². The molecule has 90 valence electrons. The normalized spacial score (nSPS) is 15.1. The van der Waals surface area contributed by atoms with E-state index in [2.05, 4.69) is 51.1 Å². The minimum Gasteiger partial charge on any atom is -0.322 e. The summed E-state index contributed by atoms with van der Waals surface area (Å²) in [4.78, 5) is 0. The second-order valence-electron chi connectivity index (χ2n) is 4.16. The highest BCUT2D eigenvalue weighted by molar-refractivity contribution is 14.0. The van der Waals surface area contributed by atoms with E-state index in [4.69, 9.17) is 5.73 Å². The third kappa shape index (κ3) is 3.91. The van der Waals surface area contributed by atoms with Crippen molar-refractivity contribution >= 4 is 29.5 Å². The second-order valence-corrected chi connectivity index (χ2v) is 4.16. The monoisotopic (exact) mass is 331 g/mol. The molecule has 1 aromatic carbocycles. The summed E-state index contributed by atoms with van der Waals surface area (Å²) in [6.45, 7) is 6.38. The summed E-state index contributed by atoms with van der Waals surface area (Å²) in [7, 11) is 0. The van der Waals surface area contributed by atoms with Gasteiger partial charge in [-0.1, -0.05) is 50.3 Å². The van der Waals surface area contributed by atoms with Crippen LogP contribution >= 0.6 is 24.0 Å². The maximum atomic E-state index is 6.31. The van der Waals surface area contributed by atoms with Crippen LogP contribution in [0.4, 0.5) is 0 Å². The fourth-order valence-corrected chi connectivity index (χ4v) is 1.69. The van der Waals surface area contributed by atoms with Gasteiger partial charge in [0.25, 0.3) is 0 Å². The number of allylic oxidation sites excluding steroid dienone is 1. The third-order valence-corrected chi connectivity index (χ3v) is 2.84. The lowest BCUT2D eigenvalue weighted by molar-refractivity contribution is 0.581. The Morgan fingerprint density at radius 1 is 1.25 bits per heavy atom. The van der Waals surface area contributed by atoms with Crippen LogP contribution in [-0.2, 0) is 0 Å². The lowest BCUT2D eigenvalue weighted by atomic mass is 9.85. The number of nitrogens with two attached hydrogens (primary N) is 1. The smallest absolute Gasteiger partial charge is 0.0381 e. The molecule has 0 fully saturated rings. The fraction of sp³-hybridized carbons (Fsp3) is 0.429. The fourth-order valence-electron chi connectivity index (χ4n) is 1.69. The van der Waals surface area contributed by atoms with Crippen molar-refractivity contribution in [3.8, 4) is 0 Å². The summed E-state index contributed by atoms with van der Waals surface area (Å²) in [6.07, 6.45) is 4.21. The van der Waals surface area contributed by atoms with E-state index in [1.54, 1.807) is 0 Å². The molecule has 0 aromatic heterocycles. The molecule has 2 heteroatoms. The first-order chi connectivity index (χ1) is 7.11. The van der Waals surface area contributed by atoms with Crippen LogP contribution in [-0.4, -0.2) is 5.54 Å². The molecule has 0 heterocycles. The molecular formula is C14H22IN. The van der Waals surface area contributed by atoms with Crippen molar-refractivity contribution < 1.29 is 0 Å². The van der Waals surface area contributed by atoms with Gasteiger partial charge in [-0.25, -0.2) is 0 Å². The van der Waals surface area contributed by atoms with E-state index in [1.807, 2.05) is 6.07 Å². The Labute approximate surface area is 116 Å². The molecule has 2 N–H and O–H groups in total. The molecule has 0 amide bonds. The molecule has 0 radical (unpaired) electrons. The van der Waals surface area contributed by atoms with Gasteiger partial charge >= 0.3 is 0 Å². The summed E-state index contributed by atoms with van der Waals surface area (Å²) in [5.74, 6) is 0. The predicted molar refractivity (Wildman–Crippen MR) is 83.0 cm³/mol. The maximum Gasteiger partial charge on any atom is 0.0381 e. The summed E-state index contributed by atoms with van der Waals surface area (Å²) in [6, 6.07) is 10.4. The Balaban J connectivity index is 0.00000225. The maximum absolute atomic E-state index is 6.31. The molecule has 1 aromatic rings. The highest BCUT2D eigenvalue weighted by Crippen LogP contribution is 2.27. The van der Waals surface area contributed by atoms with Crippen molar-refractivity contribution in [3.05, 3.63) is 42.0 Å². The van der Waals surface area contributed by atoms with Gasteiger partial charge in [-0.15, -0.1) is 24.0 Å². The van der Waals surface area contributed by atoms with E-state index >= 15 is 0 Å². The van der Waals surface area contributed by atoms with Gasteiger partial charge in [0.15, 0.2) is 0 Å². The molecular weight excluding hydrogens is 309 g/mol. The number of rotatable bonds is 4. The first-order valence-corrected chi connectivity index (χ1v) is 5.66. The molecule has 1 unspecified atom stereocenters. The van der Waals surface area contributed by atoms with Crippen LogP contribution < -0.4 is 5.73 Å². The van der Waals surface area contributed by atoms with Crippen LogP contribution in [0.3, 0.4) is 0 Å². The zero-order valence-corrected chi connectivity index (χ0v) is 12.7. The van der Waals surface area contributed by atoms with Crippen molar-refractivity contribution in [1.29, 1.82) is 0 Å². The molecule has 0 aliphatic heterocycles. The lowest BCUT2D eigenvalue weighted by Gasteiger charge is -2.27. The van der Waals surface area contributed by atoms with Crippen LogP contribution in [0.15, 0.2) is 36.4 Å². The Hall–Kier alpha value is -0.350. The summed E-state index contributed by atoms with van der Waals surface area (Å²) >= 11 is 0. The molecule has 0 bridgehead atoms. The Morgan fingerprint density at radius 3 is 2.25 bits per heavy atom. The molecule has 0 aliphatic carbocycles. The largest absolute Gasteiger partial charge is 0.322 e. The Kier molecular flexibility index (Phi) is 6.91. The van der Waals surface area contributed by atoms with Crippen molar-refractivity contribution in [1.82, 2.24) is 0 Å². The third-order valence-electron chi connectivity index (χ3n) is 2.84. The van der Waals surface area contributed by atoms with Crippen LogP contribution in [0.2, 0.25) is 0 Å². The molecule has 0 spiro atoms. The van der Waals surface area contributed by atoms with E-state index in [9.17, 15) is 0 Å². The first-order valence-electron chi connectivity index (χ1n) is 5.66. The topological polar surface area (TPSA) is 26.0 Å². The molecule has 0 saturated carbocycles. The van der Waals surface area contributed by atoms with Gasteiger partial charge in [-0.2, -0.15) is 0 Å². The van der Waals surface area contributed by atoms with Gasteiger partial charge in [0.05, 0.1) is 0 Å². The number of hydrogen-bond donors (Lipinski definition) is 1. The van der Waals surface area contributed by atoms with Crippen molar-refractivity contribution in [2.45, 2.75) is 39.2 Å². The number of benzene rings is 1. The minimum absolute atomic E-state index is 0. The molecule has 0 aliphatic rings. The standard InChI is InChI=1S/C14H21N.HI/c1-4-9-13(14(3,15)5-2)12-10-7-6-8-11-12;/h6-11H,4-5,15H2,1-3H3;1H. The number of hydrogen-bond acceptors (Lipinski definition) is 1. The Morgan fingerprint density at radius 2 is 1.81 bits per heavy atom. The zero-order chi connectivity index (χ0) is 11.3. The molecule has 0 saturated heterocycles. The zero-order valence-electron chi connectivity index (χ0n) is 10.4. The Bertz CT molecular complexity index is 328. The molecule has 1 atom stereocenters. The highest BCUT2D eigenvalue weighted by atomic mass is 127. The molecule has 1 nitrogen and oxygen atoms in total. The van der Waals surface area contributed by atoms with Gasteiger partial charge in [-0.3, -0.25) is 0 Å². The molecule has 1 rings (SSSR count). The van der Waals surface area contributed by atoms with Gasteiger partial charge in [0.2, 0.25) is 0 Å². The van der Waals surface area contributed by atoms with Gasteiger partial charge < -0.3 is 5.73 Å². The van der Waals surface area contributed by atoms with Crippen LogP contribution in [0.5, 0.6) is 0 Å². The predicted octanol–water partition coefficient (Wildman–Crippen LogP) is 4.23. The van der Waals surface area contributed by atoms with E-state index in [-0.39, 0.29) is 29.5 Å². The number of halogens is 1. The average Bonchev–Trinajstić information content (AvgIpc) is 2.27. The van der Waals surface area contributed by atoms with Crippen molar-refractivity contribution in [2.24, 2.45) is 5.73 Å². The summed E-state index contributed by atoms with van der Waals surface area (Å²) in [5.41, 5.74) is 8.58. The van der Waals surface area contributed by atoms with Gasteiger partial charge in [0, 0.05) is 5.54 Å². The van der Waals surface area contributed by atoms with Crippen molar-refractivity contribution in [2.75, 3.05) is 0 Å². The van der Waals surface area contributed by atoms with E-state index < -0.39 is 0 Å². The van der Waals surface area contributed by atoms with Crippen LogP contribution in [0.25, 0.3) is 5.57 Å². The first kappa shape index (κ1) is 15.7.